The van der Waals surface area contributed by atoms with E-state index in [0.717, 1.165) is 0 Å². The molecule has 0 aromatic rings. The quantitative estimate of drug-likeness (QED) is 0.747. The van der Waals surface area contributed by atoms with Gasteiger partial charge in [0.25, 0.3) is 0 Å². The van der Waals surface area contributed by atoms with E-state index in [1.807, 2.05) is 20.8 Å². The Labute approximate surface area is 126 Å². The summed E-state index contributed by atoms with van der Waals surface area (Å²) in [7, 11) is 0. The second-order valence-corrected chi connectivity index (χ2v) is 6.34. The molecule has 6 nitrogen and oxygen atoms in total. The predicted octanol–water partition coefficient (Wildman–Crippen LogP) is 2.48. The van der Waals surface area contributed by atoms with Crippen LogP contribution in [-0.4, -0.2) is 42.3 Å². The second-order valence-electron chi connectivity index (χ2n) is 6.34. The summed E-state index contributed by atoms with van der Waals surface area (Å²) in [4.78, 5) is 25.2. The van der Waals surface area contributed by atoms with Gasteiger partial charge >= 0.3 is 12.1 Å². The highest BCUT2D eigenvalue weighted by atomic mass is 16.6. The molecule has 0 aliphatic carbocycles. The van der Waals surface area contributed by atoms with Gasteiger partial charge in [0.1, 0.15) is 5.60 Å². The second kappa shape index (κ2) is 6.79. The van der Waals surface area contributed by atoms with Gasteiger partial charge in [0.2, 0.25) is 0 Å². The Hall–Kier alpha value is -1.77. The summed E-state index contributed by atoms with van der Waals surface area (Å²) in [6.45, 7) is 8.33. The fourth-order valence-corrected chi connectivity index (χ4v) is 2.26. The average molecular weight is 296 g/mol. The molecule has 0 aromatic carbocycles. The number of rotatable bonds is 3. The number of likely N-dealkylation sites (tertiary alicyclic amines) is 1. The Bertz CT molecular complexity index is 426. The van der Waals surface area contributed by atoms with Crippen LogP contribution in [0.3, 0.4) is 0 Å². The van der Waals surface area contributed by atoms with Gasteiger partial charge in [0.15, 0.2) is 0 Å². The van der Waals surface area contributed by atoms with Crippen LogP contribution in [0.2, 0.25) is 0 Å². The van der Waals surface area contributed by atoms with E-state index < -0.39 is 11.0 Å². The van der Waals surface area contributed by atoms with Crippen LogP contribution in [0.4, 0.5) is 4.79 Å². The number of nitrogens with zero attached hydrogens (tertiary/aromatic N) is 2. The Balaban J connectivity index is 2.58. The first-order valence-electron chi connectivity index (χ1n) is 7.26. The van der Waals surface area contributed by atoms with Crippen LogP contribution in [-0.2, 0) is 14.3 Å². The van der Waals surface area contributed by atoms with E-state index in [-0.39, 0.29) is 18.5 Å². The van der Waals surface area contributed by atoms with Crippen LogP contribution >= 0.6 is 0 Å². The summed E-state index contributed by atoms with van der Waals surface area (Å²) in [5.41, 5.74) is -1.27. The van der Waals surface area contributed by atoms with Gasteiger partial charge in [-0.2, -0.15) is 5.26 Å². The number of carbonyl (C=O) groups is 2. The molecule has 1 rings (SSSR count). The van der Waals surface area contributed by atoms with Gasteiger partial charge in [-0.05, 0) is 40.5 Å². The SMILES string of the molecule is CCOC(=O)CC1(C#N)CCN(C(=O)OC(C)(C)C)CC1. The third-order valence-electron chi connectivity index (χ3n) is 3.40. The third-order valence-corrected chi connectivity index (χ3v) is 3.40. The molecule has 0 saturated carbocycles. The first-order chi connectivity index (χ1) is 9.71. The normalized spacial score (nSPS) is 17.8. The molecule has 1 saturated heterocycles. The zero-order valence-electron chi connectivity index (χ0n) is 13.3. The number of amides is 1. The molecular weight excluding hydrogens is 272 g/mol. The molecule has 0 aromatic heterocycles. The molecule has 21 heavy (non-hydrogen) atoms. The van der Waals surface area contributed by atoms with Crippen molar-refractivity contribution in [2.24, 2.45) is 5.41 Å². The van der Waals surface area contributed by atoms with Gasteiger partial charge < -0.3 is 14.4 Å². The van der Waals surface area contributed by atoms with Gasteiger partial charge in [0.05, 0.1) is 24.5 Å². The molecule has 118 valence electrons. The lowest BCUT2D eigenvalue weighted by Crippen LogP contribution is -2.45. The van der Waals surface area contributed by atoms with Crippen molar-refractivity contribution < 1.29 is 19.1 Å². The number of hydrogen-bond acceptors (Lipinski definition) is 5. The Morgan fingerprint density at radius 1 is 1.29 bits per heavy atom. The van der Waals surface area contributed by atoms with E-state index >= 15 is 0 Å². The Kier molecular flexibility index (Phi) is 5.59. The van der Waals surface area contributed by atoms with Gasteiger partial charge in [-0.1, -0.05) is 0 Å². The molecule has 0 radical (unpaired) electrons. The van der Waals surface area contributed by atoms with E-state index in [4.69, 9.17) is 9.47 Å². The van der Waals surface area contributed by atoms with E-state index in [1.54, 1.807) is 11.8 Å². The minimum absolute atomic E-state index is 0.0828. The van der Waals surface area contributed by atoms with Crippen LogP contribution in [0.15, 0.2) is 0 Å². The molecule has 0 bridgehead atoms. The van der Waals surface area contributed by atoms with Gasteiger partial charge in [0, 0.05) is 13.1 Å². The summed E-state index contributed by atoms with van der Waals surface area (Å²) in [6, 6.07) is 2.23. The Morgan fingerprint density at radius 2 is 1.86 bits per heavy atom. The molecule has 0 atom stereocenters. The van der Waals surface area contributed by atoms with Crippen LogP contribution in [0.1, 0.15) is 47.0 Å². The van der Waals surface area contributed by atoms with Gasteiger partial charge in [-0.3, -0.25) is 4.79 Å². The number of esters is 1. The van der Waals surface area contributed by atoms with Crippen molar-refractivity contribution in [1.82, 2.24) is 4.90 Å². The van der Waals surface area contributed by atoms with E-state index in [9.17, 15) is 14.9 Å². The first kappa shape index (κ1) is 17.3. The van der Waals surface area contributed by atoms with E-state index in [1.165, 1.54) is 0 Å². The van der Waals surface area contributed by atoms with Crippen molar-refractivity contribution in [2.45, 2.75) is 52.6 Å². The lowest BCUT2D eigenvalue weighted by molar-refractivity contribution is -0.145. The minimum Gasteiger partial charge on any atom is -0.466 e. The van der Waals surface area contributed by atoms with Crippen LogP contribution < -0.4 is 0 Å². The highest BCUT2D eigenvalue weighted by Gasteiger charge is 2.39. The zero-order chi connectivity index (χ0) is 16.1. The number of ether oxygens (including phenoxy) is 2. The molecule has 1 aliphatic rings. The molecule has 6 heteroatoms. The average Bonchev–Trinajstić information content (AvgIpc) is 2.37. The maximum absolute atomic E-state index is 12.0. The molecule has 0 unspecified atom stereocenters. The molecule has 0 spiro atoms. The highest BCUT2D eigenvalue weighted by molar-refractivity contribution is 5.71. The van der Waals surface area contributed by atoms with Gasteiger partial charge in [-0.25, -0.2) is 4.79 Å². The summed E-state index contributed by atoms with van der Waals surface area (Å²) < 4.78 is 10.2. The standard InChI is InChI=1S/C15H24N2O4/c1-5-20-12(18)10-15(11-16)6-8-17(9-7-15)13(19)21-14(2,3)4/h5-10H2,1-4H3. The Morgan fingerprint density at radius 3 is 2.29 bits per heavy atom. The molecular formula is C15H24N2O4. The largest absolute Gasteiger partial charge is 0.466 e. The maximum atomic E-state index is 12.0. The van der Waals surface area contributed by atoms with Crippen molar-refractivity contribution in [1.29, 1.82) is 5.26 Å². The maximum Gasteiger partial charge on any atom is 0.410 e. The lowest BCUT2D eigenvalue weighted by Gasteiger charge is -2.37. The fraction of sp³-hybridized carbons (Fsp3) is 0.800. The number of carbonyl (C=O) groups excluding carboxylic acids is 2. The number of piperidine rings is 1. The number of hydrogen-bond donors (Lipinski definition) is 0. The summed E-state index contributed by atoms with van der Waals surface area (Å²) in [6.07, 6.45) is 0.632. The van der Waals surface area contributed by atoms with E-state index in [2.05, 4.69) is 6.07 Å². The van der Waals surface area contributed by atoms with Crippen molar-refractivity contribution in [3.8, 4) is 6.07 Å². The summed E-state index contributed by atoms with van der Waals surface area (Å²) in [5, 5.41) is 9.38. The molecule has 1 amide bonds. The topological polar surface area (TPSA) is 79.6 Å². The summed E-state index contributed by atoms with van der Waals surface area (Å²) >= 11 is 0. The predicted molar refractivity (Wildman–Crippen MR) is 76.3 cm³/mol. The molecule has 1 heterocycles. The van der Waals surface area contributed by atoms with Crippen LogP contribution in [0, 0.1) is 16.7 Å². The van der Waals surface area contributed by atoms with Crippen molar-refractivity contribution in [3.63, 3.8) is 0 Å². The first-order valence-corrected chi connectivity index (χ1v) is 7.26. The monoisotopic (exact) mass is 296 g/mol. The van der Waals surface area contributed by atoms with Crippen LogP contribution in [0.5, 0.6) is 0 Å². The van der Waals surface area contributed by atoms with Crippen LogP contribution in [0.25, 0.3) is 0 Å². The summed E-state index contributed by atoms with van der Waals surface area (Å²) in [5.74, 6) is -0.357. The lowest BCUT2D eigenvalue weighted by atomic mass is 9.77. The fourth-order valence-electron chi connectivity index (χ4n) is 2.26. The highest BCUT2D eigenvalue weighted by Crippen LogP contribution is 2.35. The van der Waals surface area contributed by atoms with E-state index in [0.29, 0.717) is 32.5 Å². The third kappa shape index (κ3) is 5.25. The smallest absolute Gasteiger partial charge is 0.410 e. The molecule has 1 fully saturated rings. The minimum atomic E-state index is -0.731. The van der Waals surface area contributed by atoms with Gasteiger partial charge in [-0.15, -0.1) is 0 Å². The van der Waals surface area contributed by atoms with Crippen molar-refractivity contribution in [2.75, 3.05) is 19.7 Å². The molecule has 1 aliphatic heterocycles. The molecule has 0 N–H and O–H groups in total. The van der Waals surface area contributed by atoms with Crippen molar-refractivity contribution in [3.05, 3.63) is 0 Å². The zero-order valence-corrected chi connectivity index (χ0v) is 13.3. The number of nitriles is 1. The van der Waals surface area contributed by atoms with Crippen molar-refractivity contribution >= 4 is 12.1 Å².